The van der Waals surface area contributed by atoms with Gasteiger partial charge in [-0.05, 0) is 56.2 Å². The molecule has 2 aromatic carbocycles. The van der Waals surface area contributed by atoms with Crippen molar-refractivity contribution in [1.82, 2.24) is 14.8 Å². The second-order valence-corrected chi connectivity index (χ2v) is 10.7. The molecule has 0 saturated carbocycles. The number of thiophene rings is 1. The van der Waals surface area contributed by atoms with Crippen LogP contribution in [-0.4, -0.2) is 39.5 Å². The van der Waals surface area contributed by atoms with Gasteiger partial charge in [-0.2, -0.15) is 0 Å². The molecule has 2 heterocycles. The minimum absolute atomic E-state index is 0.0292. The number of nitrogens with one attached hydrogen (secondary N) is 1. The van der Waals surface area contributed by atoms with Crippen LogP contribution in [0.3, 0.4) is 0 Å². The lowest BCUT2D eigenvalue weighted by Crippen LogP contribution is -2.17. The Morgan fingerprint density at radius 2 is 1.95 bits per heavy atom. The number of carbonyl (C=O) groups is 2. The largest absolute Gasteiger partial charge is 0.481 e. The first-order chi connectivity index (χ1) is 18.7. The lowest BCUT2D eigenvalue weighted by atomic mass is 10.0. The zero-order valence-corrected chi connectivity index (χ0v) is 24.0. The topological polar surface area (TPSA) is 95.3 Å². The summed E-state index contributed by atoms with van der Waals surface area (Å²) in [5, 5.41) is 14.5. The monoisotopic (exact) mass is 588 g/mol. The summed E-state index contributed by atoms with van der Waals surface area (Å²) in [7, 11) is 1.27. The Hall–Kier alpha value is -3.41. The molecular formula is C27H26ClFN4O4S2. The second kappa shape index (κ2) is 12.6. The minimum atomic E-state index is -0.600. The smallest absolute Gasteiger partial charge is 0.341 e. The average Bonchev–Trinajstić information content (AvgIpc) is 3.53. The Labute approximate surface area is 238 Å². The summed E-state index contributed by atoms with van der Waals surface area (Å²) >= 11 is 8.69. The molecule has 0 bridgehead atoms. The summed E-state index contributed by atoms with van der Waals surface area (Å²) in [5.74, 6) is -0.130. The van der Waals surface area contributed by atoms with Crippen LogP contribution >= 0.6 is 34.7 Å². The zero-order valence-electron chi connectivity index (χ0n) is 21.7. The molecular weight excluding hydrogens is 563 g/mol. The number of hydrogen-bond donors (Lipinski definition) is 1. The number of nitrogens with zero attached hydrogens (tertiary/aromatic N) is 3. The predicted octanol–water partition coefficient (Wildman–Crippen LogP) is 6.78. The van der Waals surface area contributed by atoms with Crippen LogP contribution in [0.2, 0.25) is 5.02 Å². The van der Waals surface area contributed by atoms with Gasteiger partial charge in [0.2, 0.25) is 5.91 Å². The molecule has 4 aromatic rings. The molecule has 4 rings (SSSR count). The standard InChI is InChI=1S/C27H26ClFN4O4S2/c1-5-33-24(16(3)37-21-12-15(2)6-11-20(21)28)31-32-27(33)39-14-22(34)30-25-23(26(35)36-4)19(13-38-25)17-7-9-18(29)10-8-17/h6-13,16H,5,14H2,1-4H3,(H,30,34). The normalized spacial score (nSPS) is 11.7. The van der Waals surface area contributed by atoms with Crippen molar-refractivity contribution in [2.24, 2.45) is 0 Å². The molecule has 0 aliphatic heterocycles. The fourth-order valence-electron chi connectivity index (χ4n) is 3.84. The summed E-state index contributed by atoms with van der Waals surface area (Å²) in [6.07, 6.45) is -0.432. The number of halogens is 2. The van der Waals surface area contributed by atoms with E-state index in [2.05, 4.69) is 15.5 Å². The molecule has 0 aliphatic rings. The van der Waals surface area contributed by atoms with E-state index in [0.717, 1.165) is 5.56 Å². The first kappa shape index (κ1) is 28.6. The van der Waals surface area contributed by atoms with E-state index in [1.54, 1.807) is 23.6 Å². The number of esters is 1. The van der Waals surface area contributed by atoms with Gasteiger partial charge >= 0.3 is 5.97 Å². The quantitative estimate of drug-likeness (QED) is 0.161. The Kier molecular flexibility index (Phi) is 9.26. The Balaban J connectivity index is 1.46. The van der Waals surface area contributed by atoms with Gasteiger partial charge in [0.15, 0.2) is 17.1 Å². The third-order valence-corrected chi connectivity index (χ3v) is 7.91. The number of ether oxygens (including phenoxy) is 2. The van der Waals surface area contributed by atoms with Gasteiger partial charge in [0.25, 0.3) is 0 Å². The van der Waals surface area contributed by atoms with Crippen molar-refractivity contribution in [2.75, 3.05) is 18.2 Å². The van der Waals surface area contributed by atoms with E-state index >= 15 is 0 Å². The lowest BCUT2D eigenvalue weighted by Gasteiger charge is -2.16. The summed E-state index contributed by atoms with van der Waals surface area (Å²) in [5.41, 5.74) is 2.42. The Bertz CT molecular complexity index is 1490. The Morgan fingerprint density at radius 1 is 1.21 bits per heavy atom. The number of hydrogen-bond acceptors (Lipinski definition) is 8. The van der Waals surface area contributed by atoms with Crippen LogP contribution in [0.25, 0.3) is 11.1 Å². The van der Waals surface area contributed by atoms with E-state index in [1.165, 1.54) is 42.3 Å². The third-order valence-electron chi connectivity index (χ3n) is 5.74. The molecule has 0 radical (unpaired) electrons. The van der Waals surface area contributed by atoms with E-state index in [4.69, 9.17) is 21.1 Å². The van der Waals surface area contributed by atoms with Gasteiger partial charge in [0, 0.05) is 17.5 Å². The molecule has 1 atom stereocenters. The number of amides is 1. The summed E-state index contributed by atoms with van der Waals surface area (Å²) in [6, 6.07) is 11.3. The van der Waals surface area contributed by atoms with Crippen molar-refractivity contribution in [1.29, 1.82) is 0 Å². The highest BCUT2D eigenvalue weighted by Gasteiger charge is 2.24. The number of rotatable bonds is 10. The fourth-order valence-corrected chi connectivity index (χ4v) is 5.78. The number of benzene rings is 2. The molecule has 1 unspecified atom stereocenters. The number of aromatic nitrogens is 3. The third kappa shape index (κ3) is 6.60. The lowest BCUT2D eigenvalue weighted by molar-refractivity contribution is -0.113. The maximum atomic E-state index is 13.4. The van der Waals surface area contributed by atoms with Crippen LogP contribution < -0.4 is 10.1 Å². The number of carbonyl (C=O) groups excluding carboxylic acids is 2. The van der Waals surface area contributed by atoms with Crippen LogP contribution in [0.5, 0.6) is 5.75 Å². The molecule has 1 amide bonds. The molecule has 2 aromatic heterocycles. The molecule has 0 saturated heterocycles. The van der Waals surface area contributed by atoms with Gasteiger partial charge in [0.05, 0.1) is 17.9 Å². The average molecular weight is 589 g/mol. The number of methoxy groups -OCH3 is 1. The van der Waals surface area contributed by atoms with Gasteiger partial charge in [-0.15, -0.1) is 21.5 Å². The highest BCUT2D eigenvalue weighted by atomic mass is 35.5. The Morgan fingerprint density at radius 3 is 2.64 bits per heavy atom. The summed E-state index contributed by atoms with van der Waals surface area (Å²) < 4.78 is 26.3. The molecule has 204 valence electrons. The first-order valence-electron chi connectivity index (χ1n) is 12.0. The van der Waals surface area contributed by atoms with Gasteiger partial charge in [-0.3, -0.25) is 4.79 Å². The molecule has 8 nitrogen and oxygen atoms in total. The van der Waals surface area contributed by atoms with E-state index in [1.807, 2.05) is 37.5 Å². The van der Waals surface area contributed by atoms with Crippen LogP contribution in [0.15, 0.2) is 53.0 Å². The van der Waals surface area contributed by atoms with Crippen molar-refractivity contribution in [3.63, 3.8) is 0 Å². The van der Waals surface area contributed by atoms with Gasteiger partial charge in [-0.1, -0.05) is 41.6 Å². The van der Waals surface area contributed by atoms with Crippen LogP contribution in [0.4, 0.5) is 9.39 Å². The highest BCUT2D eigenvalue weighted by molar-refractivity contribution is 7.99. The van der Waals surface area contributed by atoms with Crippen LogP contribution in [0.1, 0.15) is 41.7 Å². The SMILES string of the molecule is CCn1c(SCC(=O)Nc2scc(-c3ccc(F)cc3)c2C(=O)OC)nnc1C(C)Oc1cc(C)ccc1Cl. The van der Waals surface area contributed by atoms with Gasteiger partial charge < -0.3 is 19.4 Å². The maximum absolute atomic E-state index is 13.4. The van der Waals surface area contributed by atoms with Crippen LogP contribution in [-0.2, 0) is 16.1 Å². The zero-order chi connectivity index (χ0) is 28.1. The van der Waals surface area contributed by atoms with E-state index < -0.39 is 12.1 Å². The van der Waals surface area contributed by atoms with Crippen molar-refractivity contribution in [3.05, 3.63) is 75.6 Å². The van der Waals surface area contributed by atoms with Crippen LogP contribution in [0, 0.1) is 12.7 Å². The van der Waals surface area contributed by atoms with E-state index in [0.29, 0.717) is 44.4 Å². The molecule has 12 heteroatoms. The summed E-state index contributed by atoms with van der Waals surface area (Å²) in [4.78, 5) is 25.4. The number of anilines is 1. The molecule has 39 heavy (non-hydrogen) atoms. The predicted molar refractivity (Wildman–Crippen MR) is 151 cm³/mol. The van der Waals surface area contributed by atoms with Gasteiger partial charge in [0.1, 0.15) is 22.1 Å². The van der Waals surface area contributed by atoms with Crippen molar-refractivity contribution in [3.8, 4) is 16.9 Å². The summed E-state index contributed by atoms with van der Waals surface area (Å²) in [6.45, 7) is 6.34. The molecule has 1 N–H and O–H groups in total. The minimum Gasteiger partial charge on any atom is -0.481 e. The molecule has 0 spiro atoms. The maximum Gasteiger partial charge on any atom is 0.341 e. The van der Waals surface area contributed by atoms with E-state index in [-0.39, 0.29) is 23.0 Å². The van der Waals surface area contributed by atoms with Crippen molar-refractivity contribution in [2.45, 2.75) is 38.6 Å². The van der Waals surface area contributed by atoms with E-state index in [9.17, 15) is 14.0 Å². The van der Waals surface area contributed by atoms with Gasteiger partial charge in [-0.25, -0.2) is 9.18 Å². The number of aryl methyl sites for hydroxylation is 1. The first-order valence-corrected chi connectivity index (χ1v) is 14.2. The molecule has 0 aliphatic carbocycles. The highest BCUT2D eigenvalue weighted by Crippen LogP contribution is 2.36. The van der Waals surface area contributed by atoms with Crippen molar-refractivity contribution >= 4 is 51.6 Å². The number of thioether (sulfide) groups is 1. The fraction of sp³-hybridized carbons (Fsp3) is 0.259. The van der Waals surface area contributed by atoms with Crippen molar-refractivity contribution < 1.29 is 23.5 Å². The molecule has 0 fully saturated rings. The second-order valence-electron chi connectivity index (χ2n) is 8.47.